The molecule has 2 heterocycles. The summed E-state index contributed by atoms with van der Waals surface area (Å²) in [5.74, 6) is 1.64. The van der Waals surface area contributed by atoms with Crippen LogP contribution in [-0.2, 0) is 9.84 Å². The molecule has 1 saturated carbocycles. The average molecular weight is 327 g/mol. The normalized spacial score (nSPS) is 16.9. The third kappa shape index (κ3) is 2.65. The molecule has 0 bridgehead atoms. The number of anilines is 2. The van der Waals surface area contributed by atoms with Crippen LogP contribution in [0.4, 0.5) is 10.8 Å². The molecule has 3 N–H and O–H groups in total. The van der Waals surface area contributed by atoms with Gasteiger partial charge < -0.3 is 15.5 Å². The molecule has 0 aliphatic heterocycles. The summed E-state index contributed by atoms with van der Waals surface area (Å²) in [5, 5.41) is 3.33. The fourth-order valence-electron chi connectivity index (χ4n) is 2.16. The number of nitrogens with one attached hydrogen (secondary N) is 1. The van der Waals surface area contributed by atoms with Crippen LogP contribution in [0.2, 0.25) is 0 Å². The molecule has 0 aromatic carbocycles. The van der Waals surface area contributed by atoms with Crippen LogP contribution < -0.4 is 11.1 Å². The van der Waals surface area contributed by atoms with E-state index in [1.165, 1.54) is 0 Å². The zero-order chi connectivity index (χ0) is 15.2. The van der Waals surface area contributed by atoms with Crippen LogP contribution in [0.1, 0.15) is 37.3 Å². The smallest absolute Gasteiger partial charge is 0.187 e. The highest BCUT2D eigenvalue weighted by molar-refractivity contribution is 7.92. The van der Waals surface area contributed by atoms with Crippen molar-refractivity contribution in [3.05, 3.63) is 23.7 Å². The summed E-state index contributed by atoms with van der Waals surface area (Å²) >= 11 is 1.07. The average Bonchev–Trinajstić information content (AvgIpc) is 3.10. The van der Waals surface area contributed by atoms with Crippen LogP contribution in [0.25, 0.3) is 0 Å². The monoisotopic (exact) mass is 327 g/mol. The third-order valence-electron chi connectivity index (χ3n) is 3.46. The van der Waals surface area contributed by atoms with E-state index in [-0.39, 0.29) is 22.0 Å². The lowest BCUT2D eigenvalue weighted by molar-refractivity contribution is 0.467. The van der Waals surface area contributed by atoms with Gasteiger partial charge in [-0.3, -0.25) is 0 Å². The van der Waals surface area contributed by atoms with Crippen LogP contribution in [0.5, 0.6) is 0 Å². The number of nitrogens with zero attached hydrogens (tertiary/aromatic N) is 1. The van der Waals surface area contributed by atoms with Gasteiger partial charge in [0.25, 0.3) is 0 Å². The van der Waals surface area contributed by atoms with E-state index in [0.717, 1.165) is 23.1 Å². The SMILES string of the molecule is Cc1ccc(C(C)Nc2snc(N)c2S(=O)(=O)C2CC2)o1. The summed E-state index contributed by atoms with van der Waals surface area (Å²) < 4.78 is 34.4. The van der Waals surface area contributed by atoms with E-state index in [0.29, 0.717) is 17.8 Å². The zero-order valence-electron chi connectivity index (χ0n) is 11.8. The van der Waals surface area contributed by atoms with E-state index in [9.17, 15) is 8.42 Å². The predicted molar refractivity (Wildman–Crippen MR) is 82.2 cm³/mol. The van der Waals surface area contributed by atoms with Crippen molar-refractivity contribution in [3.63, 3.8) is 0 Å². The van der Waals surface area contributed by atoms with Gasteiger partial charge in [-0.25, -0.2) is 8.42 Å². The molecule has 0 saturated heterocycles. The highest BCUT2D eigenvalue weighted by atomic mass is 32.2. The Hall–Kier alpha value is -1.54. The quantitative estimate of drug-likeness (QED) is 0.876. The minimum absolute atomic E-state index is 0.0808. The van der Waals surface area contributed by atoms with Crippen molar-refractivity contribution in [3.8, 4) is 0 Å². The molecule has 3 rings (SSSR count). The van der Waals surface area contributed by atoms with Crippen molar-refractivity contribution >= 4 is 32.2 Å². The summed E-state index contributed by atoms with van der Waals surface area (Å²) in [6.45, 7) is 3.77. The van der Waals surface area contributed by atoms with Gasteiger partial charge in [0, 0.05) is 0 Å². The van der Waals surface area contributed by atoms with Crippen molar-refractivity contribution < 1.29 is 12.8 Å². The van der Waals surface area contributed by atoms with Gasteiger partial charge in [0.2, 0.25) is 0 Å². The molecule has 6 nitrogen and oxygen atoms in total. The Morgan fingerprint density at radius 3 is 2.76 bits per heavy atom. The Bertz CT molecular complexity index is 759. The molecular weight excluding hydrogens is 310 g/mol. The maximum absolute atomic E-state index is 12.4. The van der Waals surface area contributed by atoms with Gasteiger partial charge >= 0.3 is 0 Å². The number of hydrogen-bond acceptors (Lipinski definition) is 7. The topological polar surface area (TPSA) is 98.2 Å². The fraction of sp³-hybridized carbons (Fsp3) is 0.462. The summed E-state index contributed by atoms with van der Waals surface area (Å²) in [5.41, 5.74) is 5.77. The molecule has 114 valence electrons. The summed E-state index contributed by atoms with van der Waals surface area (Å²) in [7, 11) is -3.38. The number of furan rings is 1. The van der Waals surface area contributed by atoms with Crippen LogP contribution in [0.15, 0.2) is 21.4 Å². The maximum atomic E-state index is 12.4. The van der Waals surface area contributed by atoms with Crippen molar-refractivity contribution in [1.82, 2.24) is 4.37 Å². The maximum Gasteiger partial charge on any atom is 0.187 e. The van der Waals surface area contributed by atoms with Crippen molar-refractivity contribution in [2.75, 3.05) is 11.1 Å². The number of aryl methyl sites for hydroxylation is 1. The van der Waals surface area contributed by atoms with Crippen LogP contribution in [0.3, 0.4) is 0 Å². The molecule has 1 aliphatic rings. The predicted octanol–water partition coefficient (Wildman–Crippen LogP) is 2.74. The van der Waals surface area contributed by atoms with Gasteiger partial charge in [-0.1, -0.05) is 0 Å². The standard InChI is InChI=1S/C13H17N3O3S2/c1-7-3-6-10(19-7)8(2)15-13-11(12(14)16-20-13)21(17,18)9-4-5-9/h3,6,8-9,15H,4-5H2,1-2H3,(H2,14,16). The van der Waals surface area contributed by atoms with Crippen LogP contribution in [0, 0.1) is 6.92 Å². The number of rotatable bonds is 5. The lowest BCUT2D eigenvalue weighted by Crippen LogP contribution is -2.13. The molecule has 1 fully saturated rings. The number of sulfone groups is 1. The van der Waals surface area contributed by atoms with Gasteiger partial charge in [-0.15, -0.1) is 0 Å². The number of nitrogen functional groups attached to an aromatic ring is 1. The van der Waals surface area contributed by atoms with E-state index >= 15 is 0 Å². The zero-order valence-corrected chi connectivity index (χ0v) is 13.4. The van der Waals surface area contributed by atoms with Gasteiger partial charge in [-0.2, -0.15) is 4.37 Å². The lowest BCUT2D eigenvalue weighted by atomic mass is 10.2. The second kappa shape index (κ2) is 5.03. The molecule has 1 aliphatic carbocycles. The molecule has 1 atom stereocenters. The van der Waals surface area contributed by atoms with Gasteiger partial charge in [0.15, 0.2) is 15.7 Å². The van der Waals surface area contributed by atoms with Crippen molar-refractivity contribution in [2.45, 2.75) is 42.9 Å². The van der Waals surface area contributed by atoms with E-state index in [1.807, 2.05) is 26.0 Å². The van der Waals surface area contributed by atoms with Gasteiger partial charge in [-0.05, 0) is 50.4 Å². The first-order valence-electron chi connectivity index (χ1n) is 6.71. The molecule has 0 radical (unpaired) electrons. The highest BCUT2D eigenvalue weighted by Crippen LogP contribution is 2.42. The molecule has 21 heavy (non-hydrogen) atoms. The molecule has 0 spiro atoms. The van der Waals surface area contributed by atoms with E-state index in [4.69, 9.17) is 10.2 Å². The highest BCUT2D eigenvalue weighted by Gasteiger charge is 2.41. The van der Waals surface area contributed by atoms with Gasteiger partial charge in [0.1, 0.15) is 21.4 Å². The minimum atomic E-state index is -3.38. The van der Waals surface area contributed by atoms with Gasteiger partial charge in [0.05, 0.1) is 11.3 Å². The summed E-state index contributed by atoms with van der Waals surface area (Å²) in [6.07, 6.45) is 1.40. The lowest BCUT2D eigenvalue weighted by Gasteiger charge is -2.12. The van der Waals surface area contributed by atoms with E-state index < -0.39 is 9.84 Å². The first-order valence-corrected chi connectivity index (χ1v) is 9.03. The largest absolute Gasteiger partial charge is 0.464 e. The summed E-state index contributed by atoms with van der Waals surface area (Å²) in [4.78, 5) is 0.144. The van der Waals surface area contributed by atoms with Crippen molar-refractivity contribution in [1.29, 1.82) is 0 Å². The first-order chi connectivity index (χ1) is 9.89. The Morgan fingerprint density at radius 1 is 1.48 bits per heavy atom. The Kier molecular flexibility index (Phi) is 3.45. The Labute approximate surface area is 127 Å². The third-order valence-corrected chi connectivity index (χ3v) is 6.71. The number of nitrogens with two attached hydrogens (primary N) is 1. The minimum Gasteiger partial charge on any atom is -0.464 e. The number of aromatic nitrogens is 1. The molecule has 1 unspecified atom stereocenters. The second-order valence-electron chi connectivity index (χ2n) is 5.28. The Balaban J connectivity index is 1.90. The fourth-order valence-corrected chi connectivity index (χ4v) is 5.12. The van der Waals surface area contributed by atoms with Crippen LogP contribution >= 0.6 is 11.5 Å². The second-order valence-corrected chi connectivity index (χ2v) is 8.22. The van der Waals surface area contributed by atoms with E-state index in [1.54, 1.807) is 0 Å². The molecule has 2 aromatic heterocycles. The van der Waals surface area contributed by atoms with Crippen molar-refractivity contribution in [2.24, 2.45) is 0 Å². The first kappa shape index (κ1) is 14.4. The molecule has 2 aromatic rings. The summed E-state index contributed by atoms with van der Waals surface area (Å²) in [6, 6.07) is 3.58. The molecule has 0 amide bonds. The molecular formula is C13H17N3O3S2. The van der Waals surface area contributed by atoms with Crippen LogP contribution in [-0.4, -0.2) is 18.0 Å². The van der Waals surface area contributed by atoms with E-state index in [2.05, 4.69) is 9.69 Å². The number of hydrogen-bond donors (Lipinski definition) is 2. The Morgan fingerprint density at radius 2 is 2.19 bits per heavy atom. The molecule has 8 heteroatoms.